The molecule has 0 unspecified atom stereocenters. The largest absolute Gasteiger partial charge is 0.338 e. The minimum atomic E-state index is -0.676. The molecular formula is C17H23N5O3. The van der Waals surface area contributed by atoms with Crippen molar-refractivity contribution in [2.24, 2.45) is 0 Å². The van der Waals surface area contributed by atoms with Crippen molar-refractivity contribution in [2.45, 2.75) is 12.8 Å². The second-order valence-corrected chi connectivity index (χ2v) is 6.35. The third-order valence-electron chi connectivity index (χ3n) is 4.59. The number of amides is 3. The molecule has 0 radical (unpaired) electrons. The van der Waals surface area contributed by atoms with Gasteiger partial charge in [-0.2, -0.15) is 0 Å². The molecule has 0 aliphatic carbocycles. The van der Waals surface area contributed by atoms with Gasteiger partial charge < -0.3 is 15.1 Å². The smallest absolute Gasteiger partial charge is 0.313 e. The number of likely N-dealkylation sites (tertiary alicyclic amines) is 1. The van der Waals surface area contributed by atoms with E-state index in [1.165, 1.54) is 11.1 Å². The van der Waals surface area contributed by atoms with Gasteiger partial charge in [-0.25, -0.2) is 0 Å². The number of carbonyl (C=O) groups is 3. The number of nitrogens with zero attached hydrogens (tertiary/aromatic N) is 4. The quantitative estimate of drug-likeness (QED) is 0.766. The van der Waals surface area contributed by atoms with Gasteiger partial charge in [-0.3, -0.25) is 24.3 Å². The molecular weight excluding hydrogens is 322 g/mol. The first-order valence-corrected chi connectivity index (χ1v) is 8.64. The molecule has 0 bridgehead atoms. The fraction of sp³-hybridized carbons (Fsp3) is 0.529. The number of nitrogens with one attached hydrogen (secondary N) is 1. The van der Waals surface area contributed by atoms with Gasteiger partial charge in [0.05, 0.1) is 18.4 Å². The van der Waals surface area contributed by atoms with Crippen molar-refractivity contribution in [3.63, 3.8) is 0 Å². The molecule has 8 nitrogen and oxygen atoms in total. The lowest BCUT2D eigenvalue weighted by Gasteiger charge is -2.35. The Balaban J connectivity index is 1.45. The Kier molecular flexibility index (Phi) is 5.60. The molecule has 0 saturated carbocycles. The van der Waals surface area contributed by atoms with Crippen LogP contribution < -0.4 is 5.32 Å². The van der Waals surface area contributed by atoms with Crippen LogP contribution >= 0.6 is 0 Å². The van der Waals surface area contributed by atoms with E-state index in [-0.39, 0.29) is 5.91 Å². The zero-order valence-corrected chi connectivity index (χ0v) is 14.2. The minimum Gasteiger partial charge on any atom is -0.338 e. The lowest BCUT2D eigenvalue weighted by atomic mass is 10.3. The van der Waals surface area contributed by atoms with Crippen LogP contribution in [0.4, 0.5) is 5.69 Å². The molecule has 2 aliphatic heterocycles. The normalized spacial score (nSPS) is 18.2. The highest BCUT2D eigenvalue weighted by atomic mass is 16.2. The summed E-state index contributed by atoms with van der Waals surface area (Å²) in [5.74, 6) is -1.14. The molecule has 8 heteroatoms. The summed E-state index contributed by atoms with van der Waals surface area (Å²) in [5, 5.41) is 2.54. The van der Waals surface area contributed by atoms with E-state index in [0.29, 0.717) is 38.4 Å². The fourth-order valence-corrected chi connectivity index (χ4v) is 3.16. The summed E-state index contributed by atoms with van der Waals surface area (Å²) < 4.78 is 0. The zero-order chi connectivity index (χ0) is 17.6. The summed E-state index contributed by atoms with van der Waals surface area (Å²) in [5.41, 5.74) is 0.486. The van der Waals surface area contributed by atoms with Crippen LogP contribution in [0.2, 0.25) is 0 Å². The first-order chi connectivity index (χ1) is 12.1. The molecule has 2 saturated heterocycles. The first-order valence-electron chi connectivity index (χ1n) is 8.64. The number of hydrogen-bond acceptors (Lipinski definition) is 5. The molecule has 0 atom stereocenters. The van der Waals surface area contributed by atoms with E-state index >= 15 is 0 Å². The molecule has 2 aliphatic rings. The van der Waals surface area contributed by atoms with Gasteiger partial charge in [0.1, 0.15) is 0 Å². The standard InChI is InChI=1S/C17H23N5O3/c23-15(13-20-6-1-2-7-20)21-8-10-22(11-9-21)17(25)16(24)19-14-4-3-5-18-12-14/h3-5,12H,1-2,6-11,13H2,(H,19,24). The van der Waals surface area contributed by atoms with Crippen molar-refractivity contribution < 1.29 is 14.4 Å². The molecule has 3 rings (SSSR count). The molecule has 3 heterocycles. The van der Waals surface area contributed by atoms with E-state index in [1.807, 2.05) is 0 Å². The van der Waals surface area contributed by atoms with Crippen LogP contribution in [-0.2, 0) is 14.4 Å². The van der Waals surface area contributed by atoms with Crippen LogP contribution in [0.5, 0.6) is 0 Å². The van der Waals surface area contributed by atoms with Crippen LogP contribution in [0.3, 0.4) is 0 Å². The number of piperazine rings is 1. The van der Waals surface area contributed by atoms with Crippen molar-refractivity contribution in [1.82, 2.24) is 19.7 Å². The Bertz CT molecular complexity index is 622. The Hall–Kier alpha value is -2.48. The fourth-order valence-electron chi connectivity index (χ4n) is 3.16. The molecule has 134 valence electrons. The van der Waals surface area contributed by atoms with E-state index in [1.54, 1.807) is 23.2 Å². The maximum Gasteiger partial charge on any atom is 0.313 e. The monoisotopic (exact) mass is 345 g/mol. The maximum atomic E-state index is 12.3. The molecule has 1 aromatic rings. The van der Waals surface area contributed by atoms with Crippen molar-refractivity contribution in [3.8, 4) is 0 Å². The number of pyridine rings is 1. The average molecular weight is 345 g/mol. The average Bonchev–Trinajstić information content (AvgIpc) is 3.15. The Morgan fingerprint density at radius 1 is 1.00 bits per heavy atom. The molecule has 3 amide bonds. The highest BCUT2D eigenvalue weighted by Crippen LogP contribution is 2.10. The van der Waals surface area contributed by atoms with Crippen LogP contribution in [0.15, 0.2) is 24.5 Å². The van der Waals surface area contributed by atoms with Crippen molar-refractivity contribution in [2.75, 3.05) is 51.1 Å². The van der Waals surface area contributed by atoms with Crippen LogP contribution in [-0.4, -0.2) is 83.2 Å². The van der Waals surface area contributed by atoms with Crippen molar-refractivity contribution in [3.05, 3.63) is 24.5 Å². The van der Waals surface area contributed by atoms with Crippen molar-refractivity contribution >= 4 is 23.4 Å². The first kappa shape index (κ1) is 17.3. The second kappa shape index (κ2) is 8.06. The van der Waals surface area contributed by atoms with Gasteiger partial charge >= 0.3 is 11.8 Å². The van der Waals surface area contributed by atoms with Gasteiger partial charge in [0.25, 0.3) is 0 Å². The van der Waals surface area contributed by atoms with Crippen molar-refractivity contribution in [1.29, 1.82) is 0 Å². The maximum absolute atomic E-state index is 12.3. The lowest BCUT2D eigenvalue weighted by molar-refractivity contribution is -0.146. The van der Waals surface area contributed by atoms with E-state index in [2.05, 4.69) is 15.2 Å². The number of hydrogen-bond donors (Lipinski definition) is 1. The number of aromatic nitrogens is 1. The van der Waals surface area contributed by atoms with Gasteiger partial charge in [-0.1, -0.05) is 0 Å². The summed E-state index contributed by atoms with van der Waals surface area (Å²) in [7, 11) is 0. The summed E-state index contributed by atoms with van der Waals surface area (Å²) in [6.45, 7) is 4.13. The molecule has 0 aromatic carbocycles. The summed E-state index contributed by atoms with van der Waals surface area (Å²) in [4.78, 5) is 45.9. The SMILES string of the molecule is O=C(Nc1cccnc1)C(=O)N1CCN(C(=O)CN2CCCC2)CC1. The molecule has 1 aromatic heterocycles. The van der Waals surface area contributed by atoms with Gasteiger partial charge in [0, 0.05) is 32.4 Å². The van der Waals surface area contributed by atoms with Crippen LogP contribution in [0, 0.1) is 0 Å². The van der Waals surface area contributed by atoms with Gasteiger partial charge in [-0.15, -0.1) is 0 Å². The van der Waals surface area contributed by atoms with Crippen LogP contribution in [0.25, 0.3) is 0 Å². The van der Waals surface area contributed by atoms with E-state index in [0.717, 1.165) is 25.9 Å². The van der Waals surface area contributed by atoms with E-state index < -0.39 is 11.8 Å². The van der Waals surface area contributed by atoms with Crippen LogP contribution in [0.1, 0.15) is 12.8 Å². The topological polar surface area (TPSA) is 85.9 Å². The zero-order valence-electron chi connectivity index (χ0n) is 14.2. The third kappa shape index (κ3) is 4.54. The Morgan fingerprint density at radius 3 is 2.32 bits per heavy atom. The lowest BCUT2D eigenvalue weighted by Crippen LogP contribution is -2.54. The summed E-state index contributed by atoms with van der Waals surface area (Å²) in [6, 6.07) is 3.36. The van der Waals surface area contributed by atoms with E-state index in [4.69, 9.17) is 0 Å². The van der Waals surface area contributed by atoms with Gasteiger partial charge in [0.15, 0.2) is 0 Å². The molecule has 0 spiro atoms. The predicted octanol–water partition coefficient (Wildman–Crippen LogP) is -0.213. The predicted molar refractivity (Wildman–Crippen MR) is 91.7 cm³/mol. The number of anilines is 1. The van der Waals surface area contributed by atoms with Gasteiger partial charge in [-0.05, 0) is 38.1 Å². The summed E-state index contributed by atoms with van der Waals surface area (Å²) in [6.07, 6.45) is 5.39. The summed E-state index contributed by atoms with van der Waals surface area (Å²) >= 11 is 0. The molecule has 1 N–H and O–H groups in total. The molecule has 25 heavy (non-hydrogen) atoms. The second-order valence-electron chi connectivity index (χ2n) is 6.35. The third-order valence-corrected chi connectivity index (χ3v) is 4.59. The van der Waals surface area contributed by atoms with E-state index in [9.17, 15) is 14.4 Å². The Morgan fingerprint density at radius 2 is 1.68 bits per heavy atom. The highest BCUT2D eigenvalue weighted by molar-refractivity contribution is 6.39. The number of carbonyl (C=O) groups excluding carboxylic acids is 3. The number of rotatable bonds is 3. The molecule has 2 fully saturated rings. The minimum absolute atomic E-state index is 0.105. The highest BCUT2D eigenvalue weighted by Gasteiger charge is 2.28. The van der Waals surface area contributed by atoms with Gasteiger partial charge in [0.2, 0.25) is 5.91 Å². The Labute approximate surface area is 146 Å².